The van der Waals surface area contributed by atoms with Gasteiger partial charge in [-0.25, -0.2) is 0 Å². The summed E-state index contributed by atoms with van der Waals surface area (Å²) in [5.74, 6) is -2.19. The molecule has 0 aliphatic rings. The van der Waals surface area contributed by atoms with Crippen molar-refractivity contribution in [3.63, 3.8) is 0 Å². The number of carbonyl (C=O) groups is 2. The Morgan fingerprint density at radius 2 is 1.60 bits per heavy atom. The third-order valence-electron chi connectivity index (χ3n) is 3.42. The van der Waals surface area contributed by atoms with Crippen molar-refractivity contribution in [3.05, 3.63) is 65.7 Å². The number of alkyl halides is 3. The van der Waals surface area contributed by atoms with Crippen LogP contribution in [0.25, 0.3) is 0 Å². The van der Waals surface area contributed by atoms with E-state index < -0.39 is 12.1 Å². The highest BCUT2D eigenvalue weighted by molar-refractivity contribution is 5.94. The maximum Gasteiger partial charge on any atom is 0.471 e. The Kier molecular flexibility index (Phi) is 6.16. The molecule has 4 nitrogen and oxygen atoms in total. The maximum absolute atomic E-state index is 12.2. The monoisotopic (exact) mass is 350 g/mol. The minimum Gasteiger partial charge on any atom is -0.352 e. The second-order valence-corrected chi connectivity index (χ2v) is 5.41. The van der Waals surface area contributed by atoms with Crippen LogP contribution in [0.3, 0.4) is 0 Å². The third kappa shape index (κ3) is 6.29. The van der Waals surface area contributed by atoms with Crippen molar-refractivity contribution in [1.82, 2.24) is 5.32 Å². The summed E-state index contributed by atoms with van der Waals surface area (Å²) in [5, 5.41) is 4.49. The number of carbonyl (C=O) groups excluding carboxylic acids is 2. The Labute approximate surface area is 143 Å². The van der Waals surface area contributed by atoms with Gasteiger partial charge in [-0.3, -0.25) is 9.59 Å². The molecule has 0 saturated heterocycles. The molecule has 7 heteroatoms. The van der Waals surface area contributed by atoms with Gasteiger partial charge in [-0.1, -0.05) is 42.5 Å². The van der Waals surface area contributed by atoms with E-state index in [0.29, 0.717) is 18.4 Å². The lowest BCUT2D eigenvalue weighted by Crippen LogP contribution is -2.30. The van der Waals surface area contributed by atoms with Gasteiger partial charge >= 0.3 is 12.1 Å². The van der Waals surface area contributed by atoms with E-state index >= 15 is 0 Å². The molecule has 0 saturated carbocycles. The van der Waals surface area contributed by atoms with Crippen molar-refractivity contribution in [2.45, 2.75) is 25.6 Å². The van der Waals surface area contributed by atoms with Crippen molar-refractivity contribution < 1.29 is 22.8 Å². The molecule has 2 aromatic carbocycles. The van der Waals surface area contributed by atoms with Crippen LogP contribution < -0.4 is 10.6 Å². The first-order valence-electron chi connectivity index (χ1n) is 7.62. The van der Waals surface area contributed by atoms with E-state index in [4.69, 9.17) is 0 Å². The number of hydrogen-bond donors (Lipinski definition) is 2. The summed E-state index contributed by atoms with van der Waals surface area (Å²) in [6, 6.07) is 15.5. The molecule has 132 valence electrons. The molecule has 2 aromatic rings. The highest BCUT2D eigenvalue weighted by Crippen LogP contribution is 2.19. The fraction of sp³-hybridized carbons (Fsp3) is 0.222. The van der Waals surface area contributed by atoms with Crippen molar-refractivity contribution in [2.75, 3.05) is 5.32 Å². The Balaban J connectivity index is 1.83. The molecule has 2 N–H and O–H groups in total. The van der Waals surface area contributed by atoms with Crippen LogP contribution in [0.1, 0.15) is 17.5 Å². The van der Waals surface area contributed by atoms with Crippen molar-refractivity contribution >= 4 is 17.5 Å². The van der Waals surface area contributed by atoms with Crippen LogP contribution in [-0.4, -0.2) is 18.0 Å². The van der Waals surface area contributed by atoms with E-state index in [1.54, 1.807) is 11.4 Å². The second-order valence-electron chi connectivity index (χ2n) is 5.41. The van der Waals surface area contributed by atoms with Crippen molar-refractivity contribution in [2.24, 2.45) is 0 Å². The molecule has 2 amide bonds. The molecule has 0 unspecified atom stereocenters. The summed E-state index contributed by atoms with van der Waals surface area (Å²) in [7, 11) is 0. The van der Waals surface area contributed by atoms with E-state index in [9.17, 15) is 22.8 Å². The largest absolute Gasteiger partial charge is 0.471 e. The van der Waals surface area contributed by atoms with E-state index in [-0.39, 0.29) is 18.1 Å². The number of hydrogen-bond acceptors (Lipinski definition) is 2. The van der Waals surface area contributed by atoms with Gasteiger partial charge in [-0.2, -0.15) is 13.2 Å². The predicted octanol–water partition coefficient (Wildman–Crippen LogP) is 3.44. The van der Waals surface area contributed by atoms with Crippen LogP contribution in [0.4, 0.5) is 18.9 Å². The van der Waals surface area contributed by atoms with E-state index in [0.717, 1.165) is 5.56 Å². The normalized spacial score (nSPS) is 11.0. The molecule has 0 atom stereocenters. The van der Waals surface area contributed by atoms with E-state index in [1.807, 2.05) is 30.3 Å². The van der Waals surface area contributed by atoms with Gasteiger partial charge < -0.3 is 10.6 Å². The lowest BCUT2D eigenvalue weighted by molar-refractivity contribution is -0.167. The number of anilines is 1. The molecule has 2 rings (SSSR count). The fourth-order valence-corrected chi connectivity index (χ4v) is 2.15. The summed E-state index contributed by atoms with van der Waals surface area (Å²) in [5.41, 5.74) is 1.67. The highest BCUT2D eigenvalue weighted by atomic mass is 19.4. The SMILES string of the molecule is O=C(CCc1ccccc1)NCc1cccc(NC(=O)C(F)(F)F)c1. The summed E-state index contributed by atoms with van der Waals surface area (Å²) < 4.78 is 36.7. The number of aryl methyl sites for hydroxylation is 1. The maximum atomic E-state index is 12.2. The summed E-state index contributed by atoms with van der Waals surface area (Å²) in [4.78, 5) is 22.8. The number of rotatable bonds is 6. The smallest absolute Gasteiger partial charge is 0.352 e. The minimum absolute atomic E-state index is 0.0263. The number of amides is 2. The standard InChI is InChI=1S/C18H17F3N2O2/c19-18(20,21)17(25)23-15-8-4-7-14(11-15)12-22-16(24)10-9-13-5-2-1-3-6-13/h1-8,11H,9-10,12H2,(H,22,24)(H,23,25). The first-order valence-corrected chi connectivity index (χ1v) is 7.62. The number of nitrogens with one attached hydrogen (secondary N) is 2. The first kappa shape index (κ1) is 18.5. The molecule has 0 aliphatic heterocycles. The Morgan fingerprint density at radius 3 is 2.28 bits per heavy atom. The Hall–Kier alpha value is -2.83. The van der Waals surface area contributed by atoms with Crippen LogP contribution in [0.15, 0.2) is 54.6 Å². The van der Waals surface area contributed by atoms with Gasteiger partial charge in [-0.05, 0) is 29.7 Å². The molecule has 0 radical (unpaired) electrons. The van der Waals surface area contributed by atoms with Crippen LogP contribution >= 0.6 is 0 Å². The fourth-order valence-electron chi connectivity index (χ4n) is 2.15. The molecule has 0 bridgehead atoms. The summed E-state index contributed by atoms with van der Waals surface area (Å²) in [6.07, 6.45) is -4.02. The molecule has 0 aliphatic carbocycles. The quantitative estimate of drug-likeness (QED) is 0.839. The lowest BCUT2D eigenvalue weighted by Gasteiger charge is -2.10. The topological polar surface area (TPSA) is 58.2 Å². The minimum atomic E-state index is -4.94. The zero-order valence-corrected chi connectivity index (χ0v) is 13.3. The van der Waals surface area contributed by atoms with Gasteiger partial charge in [0.1, 0.15) is 0 Å². The van der Waals surface area contributed by atoms with E-state index in [1.165, 1.54) is 18.2 Å². The average Bonchev–Trinajstić information content (AvgIpc) is 2.58. The molecular weight excluding hydrogens is 333 g/mol. The van der Waals surface area contributed by atoms with Gasteiger partial charge in [0, 0.05) is 18.7 Å². The van der Waals surface area contributed by atoms with Crippen LogP contribution in [-0.2, 0) is 22.6 Å². The van der Waals surface area contributed by atoms with Gasteiger partial charge in [0.25, 0.3) is 0 Å². The van der Waals surface area contributed by atoms with E-state index in [2.05, 4.69) is 5.32 Å². The summed E-state index contributed by atoms with van der Waals surface area (Å²) >= 11 is 0. The molecule has 0 aromatic heterocycles. The Morgan fingerprint density at radius 1 is 0.920 bits per heavy atom. The first-order chi connectivity index (χ1) is 11.8. The van der Waals surface area contributed by atoms with Gasteiger partial charge in [0.2, 0.25) is 5.91 Å². The molecule has 25 heavy (non-hydrogen) atoms. The van der Waals surface area contributed by atoms with Gasteiger partial charge in [-0.15, -0.1) is 0 Å². The highest BCUT2D eigenvalue weighted by Gasteiger charge is 2.38. The van der Waals surface area contributed by atoms with Crippen molar-refractivity contribution in [1.29, 1.82) is 0 Å². The zero-order valence-electron chi connectivity index (χ0n) is 13.3. The molecule has 0 spiro atoms. The van der Waals surface area contributed by atoms with Gasteiger partial charge in [0.05, 0.1) is 0 Å². The number of benzene rings is 2. The average molecular weight is 350 g/mol. The van der Waals surface area contributed by atoms with Gasteiger partial charge in [0.15, 0.2) is 0 Å². The third-order valence-corrected chi connectivity index (χ3v) is 3.42. The van der Waals surface area contributed by atoms with Crippen LogP contribution in [0, 0.1) is 0 Å². The lowest BCUT2D eigenvalue weighted by atomic mass is 10.1. The van der Waals surface area contributed by atoms with Crippen molar-refractivity contribution in [3.8, 4) is 0 Å². The summed E-state index contributed by atoms with van der Waals surface area (Å²) in [6.45, 7) is 0.170. The molecule has 0 fully saturated rings. The zero-order chi connectivity index (χ0) is 18.3. The molecule has 0 heterocycles. The van der Waals surface area contributed by atoms with Crippen LogP contribution in [0.2, 0.25) is 0 Å². The number of halogens is 3. The molecular formula is C18H17F3N2O2. The second kappa shape index (κ2) is 8.32. The van der Waals surface area contributed by atoms with Crippen LogP contribution in [0.5, 0.6) is 0 Å². The predicted molar refractivity (Wildman–Crippen MR) is 87.7 cm³/mol. The Bertz CT molecular complexity index is 731.